The number of rotatable bonds is 8. The smallest absolute Gasteiger partial charge is 0.382 e. The van der Waals surface area contributed by atoms with E-state index in [4.69, 9.17) is 9.47 Å². The summed E-state index contributed by atoms with van der Waals surface area (Å²) in [7, 11) is 1.55. The number of alkyl halides is 3. The lowest BCUT2D eigenvalue weighted by molar-refractivity contribution is -0.137. The number of carbonyl (C=O) groups is 1. The Morgan fingerprint density at radius 1 is 1.10 bits per heavy atom. The summed E-state index contributed by atoms with van der Waals surface area (Å²) in [6, 6.07) is 4.62. The first-order chi connectivity index (χ1) is 9.43. The molecule has 0 spiro atoms. The van der Waals surface area contributed by atoms with Crippen LogP contribution in [0.1, 0.15) is 17.5 Å². The molecule has 0 radical (unpaired) electrons. The van der Waals surface area contributed by atoms with Crippen molar-refractivity contribution in [2.45, 2.75) is 19.0 Å². The molecule has 0 bridgehead atoms. The van der Waals surface area contributed by atoms with E-state index in [0.29, 0.717) is 25.4 Å². The molecule has 0 saturated carbocycles. The van der Waals surface area contributed by atoms with Crippen LogP contribution in [0.25, 0.3) is 0 Å². The molecule has 0 heterocycles. The van der Waals surface area contributed by atoms with E-state index in [1.165, 1.54) is 12.1 Å². The van der Waals surface area contributed by atoms with Gasteiger partial charge in [-0.05, 0) is 17.7 Å². The van der Waals surface area contributed by atoms with Crippen molar-refractivity contribution < 1.29 is 27.4 Å². The first kappa shape index (κ1) is 16.7. The van der Waals surface area contributed by atoms with Crippen LogP contribution in [0.3, 0.4) is 0 Å². The highest BCUT2D eigenvalue weighted by atomic mass is 19.4. The van der Waals surface area contributed by atoms with Crippen molar-refractivity contribution in [1.29, 1.82) is 0 Å². The number of ketones is 1. The van der Waals surface area contributed by atoms with Gasteiger partial charge in [0.2, 0.25) is 0 Å². The molecule has 3 nitrogen and oxygen atoms in total. The van der Waals surface area contributed by atoms with Crippen molar-refractivity contribution in [1.82, 2.24) is 0 Å². The number of benzene rings is 1. The lowest BCUT2D eigenvalue weighted by atomic mass is 10.1. The zero-order valence-corrected chi connectivity index (χ0v) is 11.2. The van der Waals surface area contributed by atoms with Crippen molar-refractivity contribution >= 4 is 5.78 Å². The number of carbonyl (C=O) groups excluding carboxylic acids is 1. The van der Waals surface area contributed by atoms with Crippen LogP contribution in [0.2, 0.25) is 0 Å². The summed E-state index contributed by atoms with van der Waals surface area (Å²) in [6.45, 7) is 1.18. The third-order valence-corrected chi connectivity index (χ3v) is 2.64. The molecule has 6 heteroatoms. The SMILES string of the molecule is COCCOCCC(=O)Cc1ccc(C(F)(F)F)cc1. The predicted octanol–water partition coefficient (Wildman–Crippen LogP) is 2.87. The van der Waals surface area contributed by atoms with Crippen LogP contribution in [0.15, 0.2) is 24.3 Å². The van der Waals surface area contributed by atoms with Gasteiger partial charge in [-0.3, -0.25) is 4.79 Å². The molecule has 1 rings (SSSR count). The first-order valence-corrected chi connectivity index (χ1v) is 6.18. The van der Waals surface area contributed by atoms with E-state index in [1.54, 1.807) is 7.11 Å². The molecule has 20 heavy (non-hydrogen) atoms. The minimum absolute atomic E-state index is 0.0674. The molecule has 0 aliphatic rings. The van der Waals surface area contributed by atoms with Gasteiger partial charge in [0.25, 0.3) is 0 Å². The van der Waals surface area contributed by atoms with Gasteiger partial charge in [0.05, 0.1) is 25.4 Å². The predicted molar refractivity (Wildman–Crippen MR) is 67.5 cm³/mol. The van der Waals surface area contributed by atoms with Gasteiger partial charge in [0.15, 0.2) is 0 Å². The van der Waals surface area contributed by atoms with Gasteiger partial charge in [-0.1, -0.05) is 12.1 Å². The van der Waals surface area contributed by atoms with Crippen LogP contribution < -0.4 is 0 Å². The summed E-state index contributed by atoms with van der Waals surface area (Å²) >= 11 is 0. The van der Waals surface area contributed by atoms with Gasteiger partial charge >= 0.3 is 6.18 Å². The zero-order valence-electron chi connectivity index (χ0n) is 11.2. The third-order valence-electron chi connectivity index (χ3n) is 2.64. The molecular formula is C14H17F3O3. The van der Waals surface area contributed by atoms with Crippen LogP contribution in [0.5, 0.6) is 0 Å². The molecule has 112 valence electrons. The minimum atomic E-state index is -4.35. The molecule has 1 aromatic rings. The topological polar surface area (TPSA) is 35.5 Å². The molecule has 0 aliphatic heterocycles. The summed E-state index contributed by atoms with van der Waals surface area (Å²) in [5, 5.41) is 0. The van der Waals surface area contributed by atoms with Gasteiger partial charge in [-0.15, -0.1) is 0 Å². The minimum Gasteiger partial charge on any atom is -0.382 e. The Balaban J connectivity index is 2.35. The van der Waals surface area contributed by atoms with E-state index in [0.717, 1.165) is 12.1 Å². The monoisotopic (exact) mass is 290 g/mol. The Labute approximate surface area is 115 Å². The fraction of sp³-hybridized carbons (Fsp3) is 0.500. The number of methoxy groups -OCH3 is 1. The van der Waals surface area contributed by atoms with E-state index < -0.39 is 11.7 Å². The molecule has 0 saturated heterocycles. The van der Waals surface area contributed by atoms with Gasteiger partial charge in [-0.2, -0.15) is 13.2 Å². The average molecular weight is 290 g/mol. The number of hydrogen-bond donors (Lipinski definition) is 0. The van der Waals surface area contributed by atoms with Crippen LogP contribution in [-0.2, 0) is 26.9 Å². The van der Waals surface area contributed by atoms with Crippen LogP contribution in [0, 0.1) is 0 Å². The maximum Gasteiger partial charge on any atom is 0.416 e. The highest BCUT2D eigenvalue weighted by molar-refractivity contribution is 5.80. The van der Waals surface area contributed by atoms with Crippen LogP contribution in [-0.4, -0.2) is 32.7 Å². The second kappa shape index (κ2) is 8.01. The summed E-state index contributed by atoms with van der Waals surface area (Å²) in [4.78, 5) is 11.6. The third kappa shape index (κ3) is 6.16. The highest BCUT2D eigenvalue weighted by Crippen LogP contribution is 2.29. The summed E-state index contributed by atoms with van der Waals surface area (Å²) in [6.07, 6.45) is -3.99. The number of halogens is 3. The first-order valence-electron chi connectivity index (χ1n) is 6.18. The van der Waals surface area contributed by atoms with Crippen LogP contribution in [0.4, 0.5) is 13.2 Å². The van der Waals surface area contributed by atoms with E-state index in [2.05, 4.69) is 0 Å². The van der Waals surface area contributed by atoms with Crippen molar-refractivity contribution in [3.05, 3.63) is 35.4 Å². The fourth-order valence-corrected chi connectivity index (χ4v) is 1.56. The molecule has 0 N–H and O–H groups in total. The van der Waals surface area contributed by atoms with Gasteiger partial charge in [-0.25, -0.2) is 0 Å². The summed E-state index contributed by atoms with van der Waals surface area (Å²) in [5.74, 6) is -0.0674. The molecule has 0 amide bonds. The van der Waals surface area contributed by atoms with Crippen molar-refractivity contribution in [3.8, 4) is 0 Å². The van der Waals surface area contributed by atoms with Gasteiger partial charge in [0.1, 0.15) is 5.78 Å². The Bertz CT molecular complexity index is 413. The van der Waals surface area contributed by atoms with Crippen molar-refractivity contribution in [2.24, 2.45) is 0 Å². The quantitative estimate of drug-likeness (QED) is 0.691. The number of hydrogen-bond acceptors (Lipinski definition) is 3. The van der Waals surface area contributed by atoms with Crippen molar-refractivity contribution in [2.75, 3.05) is 26.9 Å². The van der Waals surface area contributed by atoms with Gasteiger partial charge < -0.3 is 9.47 Å². The second-order valence-corrected chi connectivity index (χ2v) is 4.27. The molecular weight excluding hydrogens is 273 g/mol. The maximum absolute atomic E-state index is 12.4. The molecule has 0 atom stereocenters. The Morgan fingerprint density at radius 3 is 2.30 bits per heavy atom. The highest BCUT2D eigenvalue weighted by Gasteiger charge is 2.29. The fourth-order valence-electron chi connectivity index (χ4n) is 1.56. The molecule has 0 unspecified atom stereocenters. The standard InChI is InChI=1S/C14H17F3O3/c1-19-8-9-20-7-6-13(18)10-11-2-4-12(5-3-11)14(15,16)17/h2-5H,6-10H2,1H3. The zero-order chi connectivity index (χ0) is 15.0. The summed E-state index contributed by atoms with van der Waals surface area (Å²) < 4.78 is 47.0. The normalized spacial score (nSPS) is 11.6. The molecule has 0 aromatic heterocycles. The van der Waals surface area contributed by atoms with E-state index in [-0.39, 0.29) is 18.6 Å². The second-order valence-electron chi connectivity index (χ2n) is 4.27. The van der Waals surface area contributed by atoms with Crippen molar-refractivity contribution in [3.63, 3.8) is 0 Å². The van der Waals surface area contributed by atoms with E-state index in [1.807, 2.05) is 0 Å². The molecule has 0 fully saturated rings. The molecule has 1 aromatic carbocycles. The largest absolute Gasteiger partial charge is 0.416 e. The van der Waals surface area contributed by atoms with E-state index in [9.17, 15) is 18.0 Å². The molecule has 0 aliphatic carbocycles. The maximum atomic E-state index is 12.4. The lowest BCUT2D eigenvalue weighted by Crippen LogP contribution is -2.10. The summed E-state index contributed by atoms with van der Waals surface area (Å²) in [5.41, 5.74) is -0.142. The van der Waals surface area contributed by atoms with E-state index >= 15 is 0 Å². The Hall–Kier alpha value is -1.40. The van der Waals surface area contributed by atoms with Gasteiger partial charge in [0, 0.05) is 20.0 Å². The average Bonchev–Trinajstić information content (AvgIpc) is 2.38. The Morgan fingerprint density at radius 2 is 1.75 bits per heavy atom. The van der Waals surface area contributed by atoms with Crippen LogP contribution >= 0.6 is 0 Å². The number of Topliss-reactive ketones (excluding diaryl/α,β-unsaturated/α-hetero) is 1. The lowest BCUT2D eigenvalue weighted by Gasteiger charge is -2.07. The Kier molecular flexibility index (Phi) is 6.67. The number of ether oxygens (including phenoxy) is 2.